The molecule has 0 spiro atoms. The van der Waals surface area contributed by atoms with Crippen molar-refractivity contribution >= 4 is 0 Å². The van der Waals surface area contributed by atoms with Crippen molar-refractivity contribution in [2.45, 2.75) is 12.8 Å². The predicted molar refractivity (Wildman–Crippen MR) is 64.7 cm³/mol. The van der Waals surface area contributed by atoms with Gasteiger partial charge in [-0.3, -0.25) is 0 Å². The van der Waals surface area contributed by atoms with Gasteiger partial charge in [-0.25, -0.2) is 5.26 Å². The Morgan fingerprint density at radius 3 is 2.06 bits per heavy atom. The minimum absolute atomic E-state index is 0.320. The molecule has 1 atom stereocenters. The van der Waals surface area contributed by atoms with E-state index in [-0.39, 0.29) is 0 Å². The molecule has 1 N–H and O–H groups in total. The lowest BCUT2D eigenvalue weighted by molar-refractivity contribution is -0.438. The fourth-order valence-electron chi connectivity index (χ4n) is 1.79. The van der Waals surface area contributed by atoms with Gasteiger partial charge in [-0.15, -0.1) is 0 Å². The summed E-state index contributed by atoms with van der Waals surface area (Å²) >= 11 is 0. The van der Waals surface area contributed by atoms with E-state index in [1.54, 1.807) is 12.1 Å². The van der Waals surface area contributed by atoms with Gasteiger partial charge in [-0.1, -0.05) is 49.4 Å². The molecule has 0 bridgehead atoms. The molecule has 0 aliphatic carbocycles. The zero-order valence-corrected chi connectivity index (χ0v) is 9.54. The maximum atomic E-state index is 8.15. The molecule has 1 unspecified atom stereocenters. The van der Waals surface area contributed by atoms with Crippen LogP contribution in [0.15, 0.2) is 54.6 Å². The van der Waals surface area contributed by atoms with E-state index in [0.29, 0.717) is 11.7 Å². The highest BCUT2D eigenvalue weighted by atomic mass is 17.5. The van der Waals surface area contributed by atoms with Gasteiger partial charge in [0.1, 0.15) is 0 Å². The first-order valence-corrected chi connectivity index (χ1v) is 5.44. The predicted octanol–water partition coefficient (Wildman–Crippen LogP) is 3.62. The molecule has 0 amide bonds. The first-order chi connectivity index (χ1) is 8.31. The van der Waals surface area contributed by atoms with Crippen LogP contribution in [0.3, 0.4) is 0 Å². The van der Waals surface area contributed by atoms with Gasteiger partial charge in [-0.2, -0.15) is 0 Å². The van der Waals surface area contributed by atoms with E-state index in [0.717, 1.165) is 0 Å². The summed E-state index contributed by atoms with van der Waals surface area (Å²) in [6.07, 6.45) is 0. The zero-order chi connectivity index (χ0) is 12.1. The van der Waals surface area contributed by atoms with E-state index in [1.165, 1.54) is 11.1 Å². The molecule has 0 aliphatic heterocycles. The highest BCUT2D eigenvalue weighted by Crippen LogP contribution is 2.25. The Balaban J connectivity index is 2.17. The van der Waals surface area contributed by atoms with Gasteiger partial charge < -0.3 is 4.89 Å². The molecular formula is C14H14O3. The summed E-state index contributed by atoms with van der Waals surface area (Å²) in [7, 11) is 0. The standard InChI is InChI=1S/C14H14O3/c1-11(12-5-3-2-4-6-12)13-7-9-14(10-8-13)16-17-15/h2-11,15H,1H3. The molecule has 2 aromatic rings. The van der Waals surface area contributed by atoms with Crippen LogP contribution in [0.4, 0.5) is 0 Å². The monoisotopic (exact) mass is 230 g/mol. The SMILES string of the molecule is CC(c1ccccc1)c1ccc(OOO)cc1. The van der Waals surface area contributed by atoms with E-state index < -0.39 is 0 Å². The Kier molecular flexibility index (Phi) is 3.75. The van der Waals surface area contributed by atoms with E-state index in [9.17, 15) is 0 Å². The summed E-state index contributed by atoms with van der Waals surface area (Å²) in [6.45, 7) is 2.15. The van der Waals surface area contributed by atoms with E-state index in [4.69, 9.17) is 5.26 Å². The van der Waals surface area contributed by atoms with Crippen molar-refractivity contribution in [1.82, 2.24) is 0 Å². The average molecular weight is 230 g/mol. The Labute approximate surface area is 100 Å². The van der Waals surface area contributed by atoms with Crippen molar-refractivity contribution in [3.05, 3.63) is 65.7 Å². The van der Waals surface area contributed by atoms with E-state index in [2.05, 4.69) is 29.0 Å². The lowest BCUT2D eigenvalue weighted by Crippen LogP contribution is -1.96. The van der Waals surface area contributed by atoms with Crippen molar-refractivity contribution in [3.63, 3.8) is 0 Å². The third-order valence-electron chi connectivity index (χ3n) is 2.81. The number of hydrogen-bond acceptors (Lipinski definition) is 3. The molecule has 0 saturated carbocycles. The highest BCUT2D eigenvalue weighted by Gasteiger charge is 2.07. The lowest BCUT2D eigenvalue weighted by atomic mass is 9.93. The molecule has 88 valence electrons. The highest BCUT2D eigenvalue weighted by molar-refractivity contribution is 5.35. The lowest BCUT2D eigenvalue weighted by Gasteiger charge is -2.12. The minimum Gasteiger partial charge on any atom is -0.308 e. The Hall–Kier alpha value is -1.84. The first-order valence-electron chi connectivity index (χ1n) is 5.44. The fraction of sp³-hybridized carbons (Fsp3) is 0.143. The van der Waals surface area contributed by atoms with Gasteiger partial charge in [-0.05, 0) is 28.3 Å². The first kappa shape index (κ1) is 11.6. The quantitative estimate of drug-likeness (QED) is 0.644. The van der Waals surface area contributed by atoms with Crippen LogP contribution < -0.4 is 4.89 Å². The number of rotatable bonds is 4. The molecule has 0 aliphatic rings. The van der Waals surface area contributed by atoms with Crippen LogP contribution in [0.2, 0.25) is 0 Å². The smallest absolute Gasteiger partial charge is 0.168 e. The second-order valence-corrected chi connectivity index (χ2v) is 3.86. The molecule has 3 nitrogen and oxygen atoms in total. The van der Waals surface area contributed by atoms with Crippen LogP contribution >= 0.6 is 0 Å². The summed E-state index contributed by atoms with van der Waals surface area (Å²) in [5, 5.41) is 11.8. The fourth-order valence-corrected chi connectivity index (χ4v) is 1.79. The van der Waals surface area contributed by atoms with E-state index in [1.807, 2.05) is 30.3 Å². The summed E-state index contributed by atoms with van der Waals surface area (Å²) in [4.78, 5) is 4.50. The third-order valence-corrected chi connectivity index (χ3v) is 2.81. The average Bonchev–Trinajstić information content (AvgIpc) is 2.40. The van der Waals surface area contributed by atoms with Crippen LogP contribution in [-0.4, -0.2) is 5.26 Å². The molecule has 0 aromatic heterocycles. The molecule has 0 saturated heterocycles. The summed E-state index contributed by atoms with van der Waals surface area (Å²) in [5.41, 5.74) is 2.45. The maximum Gasteiger partial charge on any atom is 0.168 e. The van der Waals surface area contributed by atoms with Gasteiger partial charge in [0.2, 0.25) is 0 Å². The van der Waals surface area contributed by atoms with E-state index >= 15 is 0 Å². The van der Waals surface area contributed by atoms with Crippen molar-refractivity contribution in [3.8, 4) is 5.75 Å². The Morgan fingerprint density at radius 1 is 0.882 bits per heavy atom. The maximum absolute atomic E-state index is 8.15. The summed E-state index contributed by atoms with van der Waals surface area (Å²) in [5.74, 6) is 0.789. The molecule has 17 heavy (non-hydrogen) atoms. The van der Waals surface area contributed by atoms with Crippen LogP contribution in [-0.2, 0) is 5.04 Å². The van der Waals surface area contributed by atoms with Gasteiger partial charge in [0.05, 0.1) is 0 Å². The molecule has 0 heterocycles. The zero-order valence-electron chi connectivity index (χ0n) is 9.54. The van der Waals surface area contributed by atoms with Gasteiger partial charge >= 0.3 is 0 Å². The largest absolute Gasteiger partial charge is 0.308 e. The minimum atomic E-state index is 0.320. The normalized spacial score (nSPS) is 12.1. The molecule has 2 aromatic carbocycles. The number of hydrogen-bond donors (Lipinski definition) is 1. The Bertz CT molecular complexity index is 451. The second-order valence-electron chi connectivity index (χ2n) is 3.86. The molecule has 3 heteroatoms. The third kappa shape index (κ3) is 2.84. The van der Waals surface area contributed by atoms with Crippen molar-refractivity contribution < 1.29 is 15.2 Å². The van der Waals surface area contributed by atoms with Crippen molar-refractivity contribution in [2.24, 2.45) is 0 Å². The van der Waals surface area contributed by atoms with Gasteiger partial charge in [0, 0.05) is 5.92 Å². The summed E-state index contributed by atoms with van der Waals surface area (Å²) < 4.78 is 0. The van der Waals surface area contributed by atoms with Crippen LogP contribution in [0.1, 0.15) is 24.0 Å². The van der Waals surface area contributed by atoms with Gasteiger partial charge in [0.15, 0.2) is 5.75 Å². The van der Waals surface area contributed by atoms with Crippen molar-refractivity contribution in [2.75, 3.05) is 0 Å². The molecule has 2 rings (SSSR count). The van der Waals surface area contributed by atoms with Crippen LogP contribution in [0.25, 0.3) is 0 Å². The number of benzene rings is 2. The van der Waals surface area contributed by atoms with Crippen LogP contribution in [0, 0.1) is 0 Å². The van der Waals surface area contributed by atoms with Crippen molar-refractivity contribution in [1.29, 1.82) is 0 Å². The molecular weight excluding hydrogens is 216 g/mol. The topological polar surface area (TPSA) is 38.7 Å². The summed E-state index contributed by atoms with van der Waals surface area (Å²) in [6, 6.07) is 17.7. The molecule has 0 fully saturated rings. The Morgan fingerprint density at radius 2 is 1.47 bits per heavy atom. The van der Waals surface area contributed by atoms with Crippen LogP contribution in [0.5, 0.6) is 5.75 Å². The second kappa shape index (κ2) is 5.48. The molecule has 0 radical (unpaired) electrons. The van der Waals surface area contributed by atoms with Gasteiger partial charge in [0.25, 0.3) is 0 Å².